The van der Waals surface area contributed by atoms with Crippen molar-refractivity contribution in [2.75, 3.05) is 6.54 Å². The molecule has 0 spiro atoms. The maximum Gasteiger partial charge on any atom is 0.274 e. The average Bonchev–Trinajstić information content (AvgIpc) is 2.73. The summed E-state index contributed by atoms with van der Waals surface area (Å²) in [5.41, 5.74) is 1.57. The van der Waals surface area contributed by atoms with E-state index in [1.807, 2.05) is 39.0 Å². The number of nitrogens with one attached hydrogen (secondary N) is 1. The highest BCUT2D eigenvalue weighted by Gasteiger charge is 2.22. The van der Waals surface area contributed by atoms with Crippen LogP contribution in [0.1, 0.15) is 56.1 Å². The molecule has 28 heavy (non-hydrogen) atoms. The van der Waals surface area contributed by atoms with Crippen molar-refractivity contribution in [3.05, 3.63) is 60.2 Å². The van der Waals surface area contributed by atoms with E-state index >= 15 is 0 Å². The Balaban J connectivity index is 1.84. The zero-order valence-corrected chi connectivity index (χ0v) is 17.0. The van der Waals surface area contributed by atoms with Crippen molar-refractivity contribution in [2.24, 2.45) is 0 Å². The zero-order valence-electron chi connectivity index (χ0n) is 17.0. The summed E-state index contributed by atoms with van der Waals surface area (Å²) >= 11 is 0. The van der Waals surface area contributed by atoms with E-state index in [0.717, 1.165) is 19.3 Å². The van der Waals surface area contributed by atoms with Crippen molar-refractivity contribution >= 4 is 11.8 Å². The number of benzene rings is 1. The zero-order chi connectivity index (χ0) is 20.4. The van der Waals surface area contributed by atoms with Gasteiger partial charge in [0.25, 0.3) is 5.91 Å². The van der Waals surface area contributed by atoms with Crippen LogP contribution in [0.4, 0.5) is 0 Å². The van der Waals surface area contributed by atoms with Gasteiger partial charge in [0.2, 0.25) is 5.91 Å². The third kappa shape index (κ3) is 6.76. The molecule has 0 saturated heterocycles. The highest BCUT2D eigenvalue weighted by atomic mass is 16.2. The number of aryl methyl sites for hydroxylation is 1. The average molecular weight is 383 g/mol. The second kappa shape index (κ2) is 11.2. The van der Waals surface area contributed by atoms with Crippen molar-refractivity contribution in [1.82, 2.24) is 20.2 Å². The van der Waals surface area contributed by atoms with Gasteiger partial charge in [0, 0.05) is 37.4 Å². The number of hydrogen-bond acceptors (Lipinski definition) is 4. The second-order valence-electron chi connectivity index (χ2n) is 7.09. The Morgan fingerprint density at radius 1 is 1.14 bits per heavy atom. The van der Waals surface area contributed by atoms with E-state index in [4.69, 9.17) is 0 Å². The molecule has 2 aromatic rings. The number of nitrogens with zero attached hydrogens (tertiary/aromatic N) is 3. The molecule has 0 bridgehead atoms. The van der Waals surface area contributed by atoms with Crippen LogP contribution in [0.25, 0.3) is 0 Å². The van der Waals surface area contributed by atoms with Crippen LogP contribution in [0.5, 0.6) is 0 Å². The lowest BCUT2D eigenvalue weighted by Crippen LogP contribution is -2.42. The molecule has 0 aliphatic heterocycles. The molecule has 6 heteroatoms. The van der Waals surface area contributed by atoms with Gasteiger partial charge in [-0.05, 0) is 38.7 Å². The van der Waals surface area contributed by atoms with Crippen molar-refractivity contribution in [1.29, 1.82) is 0 Å². The van der Waals surface area contributed by atoms with Crippen LogP contribution < -0.4 is 5.32 Å². The van der Waals surface area contributed by atoms with E-state index in [1.54, 1.807) is 4.90 Å². The first-order valence-corrected chi connectivity index (χ1v) is 9.91. The summed E-state index contributed by atoms with van der Waals surface area (Å²) < 4.78 is 0. The summed E-state index contributed by atoms with van der Waals surface area (Å²) in [7, 11) is 0. The van der Waals surface area contributed by atoms with Gasteiger partial charge in [-0.3, -0.25) is 14.6 Å². The van der Waals surface area contributed by atoms with Gasteiger partial charge < -0.3 is 10.2 Å². The fraction of sp³-hybridized carbons (Fsp3) is 0.455. The molecule has 2 amide bonds. The van der Waals surface area contributed by atoms with Crippen LogP contribution >= 0.6 is 0 Å². The van der Waals surface area contributed by atoms with Gasteiger partial charge in [-0.25, -0.2) is 4.98 Å². The molecule has 0 aliphatic rings. The summed E-state index contributed by atoms with van der Waals surface area (Å²) in [6.45, 7) is 6.38. The first kappa shape index (κ1) is 21.5. The molecule has 150 valence electrons. The molecule has 0 aliphatic carbocycles. The van der Waals surface area contributed by atoms with Crippen LogP contribution in [-0.2, 0) is 11.2 Å². The molecule has 0 radical (unpaired) electrons. The quantitative estimate of drug-likeness (QED) is 0.684. The number of amides is 2. The van der Waals surface area contributed by atoms with Crippen molar-refractivity contribution in [2.45, 2.75) is 58.5 Å². The van der Waals surface area contributed by atoms with Crippen LogP contribution in [0, 0.1) is 0 Å². The number of hydrogen-bond donors (Lipinski definition) is 1. The minimum atomic E-state index is -0.188. The Morgan fingerprint density at radius 3 is 2.54 bits per heavy atom. The van der Waals surface area contributed by atoms with E-state index in [2.05, 4.69) is 27.4 Å². The molecule has 0 saturated carbocycles. The van der Waals surface area contributed by atoms with Gasteiger partial charge in [-0.15, -0.1) is 0 Å². The molecule has 2 rings (SSSR count). The summed E-state index contributed by atoms with van der Waals surface area (Å²) in [6.07, 6.45) is 7.38. The predicted octanol–water partition coefficient (Wildman–Crippen LogP) is 3.24. The van der Waals surface area contributed by atoms with Crippen molar-refractivity contribution in [3.8, 4) is 0 Å². The fourth-order valence-electron chi connectivity index (χ4n) is 2.97. The molecular formula is C22H30N4O2. The van der Waals surface area contributed by atoms with E-state index in [1.165, 1.54) is 24.2 Å². The maximum atomic E-state index is 12.7. The number of carbonyl (C=O) groups excluding carboxylic acids is 2. The Bertz CT molecular complexity index is 737. The van der Waals surface area contributed by atoms with E-state index < -0.39 is 0 Å². The van der Waals surface area contributed by atoms with Crippen LogP contribution in [-0.4, -0.2) is 45.3 Å². The third-order valence-corrected chi connectivity index (χ3v) is 4.86. The number of aromatic nitrogens is 2. The second-order valence-corrected chi connectivity index (χ2v) is 7.09. The molecule has 1 aromatic carbocycles. The monoisotopic (exact) mass is 382 g/mol. The first-order chi connectivity index (χ1) is 13.5. The van der Waals surface area contributed by atoms with Gasteiger partial charge in [0.1, 0.15) is 5.69 Å². The summed E-state index contributed by atoms with van der Waals surface area (Å²) in [4.78, 5) is 34.9. The number of carbonyl (C=O) groups is 2. The largest absolute Gasteiger partial charge is 0.354 e. The highest BCUT2D eigenvalue weighted by Crippen LogP contribution is 2.10. The van der Waals surface area contributed by atoms with Crippen LogP contribution in [0.3, 0.4) is 0 Å². The molecule has 2 atom stereocenters. The van der Waals surface area contributed by atoms with Gasteiger partial charge in [0.05, 0.1) is 6.20 Å². The van der Waals surface area contributed by atoms with E-state index in [0.29, 0.717) is 12.2 Å². The lowest BCUT2D eigenvalue weighted by atomic mass is 10.1. The lowest BCUT2D eigenvalue weighted by molar-refractivity contribution is -0.122. The normalized spacial score (nSPS) is 12.8. The minimum absolute atomic E-state index is 0.0258. The molecule has 0 unspecified atom stereocenters. The molecule has 6 nitrogen and oxygen atoms in total. The Labute approximate surface area is 167 Å². The highest BCUT2D eigenvalue weighted by molar-refractivity contribution is 5.92. The minimum Gasteiger partial charge on any atom is -0.354 e. The number of rotatable bonds is 10. The van der Waals surface area contributed by atoms with Gasteiger partial charge in [-0.2, -0.15) is 0 Å². The standard InChI is InChI=1S/C22H30N4O2/c1-4-18(3)26(22(28)20-16-23-13-14-24-20)15-12-21(27)25-17(2)10-11-19-8-6-5-7-9-19/h5-9,13-14,16-18H,4,10-12,15H2,1-3H3,(H,25,27)/t17-,18-/m0/s1. The predicted molar refractivity (Wildman–Crippen MR) is 110 cm³/mol. The summed E-state index contributed by atoms with van der Waals surface area (Å²) in [5.74, 6) is -0.229. The molecule has 1 N–H and O–H groups in total. The first-order valence-electron chi connectivity index (χ1n) is 9.91. The van der Waals surface area contributed by atoms with Crippen LogP contribution in [0.15, 0.2) is 48.9 Å². The molecule has 1 aromatic heterocycles. The summed E-state index contributed by atoms with van der Waals surface area (Å²) in [6, 6.07) is 10.3. The van der Waals surface area contributed by atoms with Gasteiger partial charge in [0.15, 0.2) is 0 Å². The van der Waals surface area contributed by atoms with Crippen molar-refractivity contribution < 1.29 is 9.59 Å². The molecule has 0 fully saturated rings. The van der Waals surface area contributed by atoms with Gasteiger partial charge in [-0.1, -0.05) is 37.3 Å². The Kier molecular flexibility index (Phi) is 8.59. The smallest absolute Gasteiger partial charge is 0.274 e. The van der Waals surface area contributed by atoms with E-state index in [-0.39, 0.29) is 30.3 Å². The van der Waals surface area contributed by atoms with Crippen molar-refractivity contribution in [3.63, 3.8) is 0 Å². The van der Waals surface area contributed by atoms with Gasteiger partial charge >= 0.3 is 0 Å². The Morgan fingerprint density at radius 2 is 1.89 bits per heavy atom. The SMILES string of the molecule is CC[C@H](C)N(CCC(=O)N[C@@H](C)CCc1ccccc1)C(=O)c1cnccn1. The molecular weight excluding hydrogens is 352 g/mol. The topological polar surface area (TPSA) is 75.2 Å². The lowest BCUT2D eigenvalue weighted by Gasteiger charge is -2.28. The maximum absolute atomic E-state index is 12.7. The molecule has 1 heterocycles. The van der Waals surface area contributed by atoms with E-state index in [9.17, 15) is 9.59 Å². The van der Waals surface area contributed by atoms with Crippen LogP contribution in [0.2, 0.25) is 0 Å². The summed E-state index contributed by atoms with van der Waals surface area (Å²) in [5, 5.41) is 3.04. The fourth-order valence-corrected chi connectivity index (χ4v) is 2.97. The Hall–Kier alpha value is -2.76. The third-order valence-electron chi connectivity index (χ3n) is 4.86.